The maximum Gasteiger partial charge on any atom is 0.188 e. The summed E-state index contributed by atoms with van der Waals surface area (Å²) in [6.45, 7) is 6.21. The largest absolute Gasteiger partial charge is 0.370 e. The van der Waals surface area contributed by atoms with Crippen molar-refractivity contribution in [3.05, 3.63) is 0 Å². The summed E-state index contributed by atoms with van der Waals surface area (Å²) >= 11 is 0. The lowest BCUT2D eigenvalue weighted by Gasteiger charge is -2.20. The fourth-order valence-electron chi connectivity index (χ4n) is 0.702. The molecular formula is C9H22IN3O2S. The molecule has 0 aromatic rings. The summed E-state index contributed by atoms with van der Waals surface area (Å²) in [5.74, 6) is 0.300. The molecule has 0 atom stereocenters. The average Bonchev–Trinajstić information content (AvgIpc) is 2.09. The number of hydrogen-bond acceptors (Lipinski definition) is 3. The van der Waals surface area contributed by atoms with E-state index in [2.05, 4.69) is 10.3 Å². The van der Waals surface area contributed by atoms with E-state index in [1.54, 1.807) is 13.8 Å². The third-order valence-electron chi connectivity index (χ3n) is 2.19. The lowest BCUT2D eigenvalue weighted by Crippen LogP contribution is -2.38. The van der Waals surface area contributed by atoms with Crippen molar-refractivity contribution >= 4 is 39.8 Å². The molecule has 0 saturated carbocycles. The van der Waals surface area contributed by atoms with E-state index < -0.39 is 14.6 Å². The van der Waals surface area contributed by atoms with Crippen LogP contribution >= 0.6 is 24.0 Å². The van der Waals surface area contributed by atoms with E-state index in [1.807, 2.05) is 6.92 Å². The molecule has 0 amide bonds. The monoisotopic (exact) mass is 363 g/mol. The van der Waals surface area contributed by atoms with Crippen LogP contribution in [0.15, 0.2) is 4.99 Å². The lowest BCUT2D eigenvalue weighted by atomic mass is 10.2. The van der Waals surface area contributed by atoms with Gasteiger partial charge < -0.3 is 11.1 Å². The van der Waals surface area contributed by atoms with E-state index in [-0.39, 0.29) is 30.5 Å². The van der Waals surface area contributed by atoms with E-state index >= 15 is 0 Å². The Labute approximate surface area is 115 Å². The first-order valence-electron chi connectivity index (χ1n) is 4.94. The van der Waals surface area contributed by atoms with Crippen LogP contribution in [-0.2, 0) is 9.84 Å². The van der Waals surface area contributed by atoms with Gasteiger partial charge in [0.15, 0.2) is 15.8 Å². The molecule has 0 aliphatic heterocycles. The normalized spacial score (nSPS) is 13.1. The highest BCUT2D eigenvalue weighted by Crippen LogP contribution is 2.14. The lowest BCUT2D eigenvalue weighted by molar-refractivity contribution is 0.555. The fraction of sp³-hybridized carbons (Fsp3) is 0.889. The highest BCUT2D eigenvalue weighted by atomic mass is 127. The topological polar surface area (TPSA) is 84.5 Å². The van der Waals surface area contributed by atoms with Gasteiger partial charge in [0.25, 0.3) is 0 Å². The van der Waals surface area contributed by atoms with Crippen LogP contribution in [0.1, 0.15) is 27.2 Å². The molecule has 0 saturated heterocycles. The zero-order valence-corrected chi connectivity index (χ0v) is 13.4. The summed E-state index contributed by atoms with van der Waals surface area (Å²) in [6.07, 6.45) is 2.16. The molecule has 0 aliphatic rings. The Bertz CT molecular complexity index is 326. The number of rotatable bonds is 5. The minimum atomic E-state index is -3.11. The van der Waals surface area contributed by atoms with Crippen molar-refractivity contribution in [2.75, 3.05) is 19.3 Å². The number of aliphatic imine (C=N–C) groups is 1. The molecule has 16 heavy (non-hydrogen) atoms. The number of halogens is 1. The summed E-state index contributed by atoms with van der Waals surface area (Å²) in [5, 5.41) is 2.89. The standard InChI is InChI=1S/C9H21N3O2S.HI/c1-5-6-11-8(10)12-7-9(2,3)15(4,13)14;/h5-7H2,1-4H3,(H3,10,11,12);1H. The second-order valence-corrected chi connectivity index (χ2v) is 6.81. The van der Waals surface area contributed by atoms with Gasteiger partial charge >= 0.3 is 0 Å². The van der Waals surface area contributed by atoms with Gasteiger partial charge in [0.05, 0.1) is 11.3 Å². The van der Waals surface area contributed by atoms with Crippen molar-refractivity contribution in [3.8, 4) is 0 Å². The minimum absolute atomic E-state index is 0. The number of guanidine groups is 1. The molecule has 5 nitrogen and oxygen atoms in total. The molecule has 0 heterocycles. The first kappa shape index (κ1) is 18.3. The second kappa shape index (κ2) is 7.31. The van der Waals surface area contributed by atoms with E-state index in [1.165, 1.54) is 6.26 Å². The zero-order chi connectivity index (χ0) is 12.1. The van der Waals surface area contributed by atoms with Crippen LogP contribution in [0.2, 0.25) is 0 Å². The van der Waals surface area contributed by atoms with Crippen molar-refractivity contribution < 1.29 is 8.42 Å². The van der Waals surface area contributed by atoms with Crippen molar-refractivity contribution in [1.29, 1.82) is 0 Å². The maximum absolute atomic E-state index is 11.3. The maximum atomic E-state index is 11.3. The Morgan fingerprint density at radius 1 is 1.44 bits per heavy atom. The Balaban J connectivity index is 0. The number of nitrogens with one attached hydrogen (secondary N) is 1. The first-order chi connectivity index (χ1) is 6.70. The molecule has 0 fully saturated rings. The van der Waals surface area contributed by atoms with Gasteiger partial charge in [-0.2, -0.15) is 0 Å². The van der Waals surface area contributed by atoms with Crippen molar-refractivity contribution in [2.24, 2.45) is 10.7 Å². The molecule has 0 radical (unpaired) electrons. The third-order valence-corrected chi connectivity index (χ3v) is 4.33. The smallest absolute Gasteiger partial charge is 0.188 e. The van der Waals surface area contributed by atoms with E-state index in [0.29, 0.717) is 5.96 Å². The van der Waals surface area contributed by atoms with Gasteiger partial charge in [-0.1, -0.05) is 6.92 Å². The predicted molar refractivity (Wildman–Crippen MR) is 79.1 cm³/mol. The average molecular weight is 363 g/mol. The SMILES string of the molecule is CCCNC(N)=NCC(C)(C)S(C)(=O)=O.I. The Morgan fingerprint density at radius 2 is 1.94 bits per heavy atom. The minimum Gasteiger partial charge on any atom is -0.370 e. The Hall–Kier alpha value is -0.0500. The number of nitrogens with zero attached hydrogens (tertiary/aromatic N) is 1. The molecule has 0 spiro atoms. The van der Waals surface area contributed by atoms with Gasteiger partial charge in [-0.25, -0.2) is 8.42 Å². The first-order valence-corrected chi connectivity index (χ1v) is 6.83. The fourth-order valence-corrected chi connectivity index (χ4v) is 1.00. The van der Waals surface area contributed by atoms with E-state index in [9.17, 15) is 8.42 Å². The van der Waals surface area contributed by atoms with Gasteiger partial charge in [0.1, 0.15) is 0 Å². The van der Waals surface area contributed by atoms with Gasteiger partial charge in [-0.15, -0.1) is 24.0 Å². The van der Waals surface area contributed by atoms with Gasteiger partial charge in [0.2, 0.25) is 0 Å². The molecule has 98 valence electrons. The summed E-state index contributed by atoms with van der Waals surface area (Å²) in [7, 11) is -3.11. The number of sulfone groups is 1. The van der Waals surface area contributed by atoms with Crippen molar-refractivity contribution in [2.45, 2.75) is 31.9 Å². The molecule has 0 bridgehead atoms. The molecule has 0 aliphatic carbocycles. The third kappa shape index (κ3) is 6.51. The molecule has 3 N–H and O–H groups in total. The van der Waals surface area contributed by atoms with Gasteiger partial charge in [-0.05, 0) is 20.3 Å². The van der Waals surface area contributed by atoms with E-state index in [0.717, 1.165) is 13.0 Å². The van der Waals surface area contributed by atoms with E-state index in [4.69, 9.17) is 5.73 Å². The summed E-state index contributed by atoms with van der Waals surface area (Å²) in [5.41, 5.74) is 5.55. The molecule has 0 aromatic heterocycles. The van der Waals surface area contributed by atoms with Crippen LogP contribution < -0.4 is 11.1 Å². The van der Waals surface area contributed by atoms with Crippen LogP contribution in [0.5, 0.6) is 0 Å². The highest BCUT2D eigenvalue weighted by Gasteiger charge is 2.29. The number of hydrogen-bond donors (Lipinski definition) is 2. The van der Waals surface area contributed by atoms with Crippen LogP contribution in [0.3, 0.4) is 0 Å². The van der Waals surface area contributed by atoms with Crippen LogP contribution in [0, 0.1) is 0 Å². The molecule has 0 rings (SSSR count). The van der Waals surface area contributed by atoms with Gasteiger partial charge in [-0.3, -0.25) is 4.99 Å². The summed E-state index contributed by atoms with van der Waals surface area (Å²) in [6, 6.07) is 0. The van der Waals surface area contributed by atoms with Crippen molar-refractivity contribution in [3.63, 3.8) is 0 Å². The van der Waals surface area contributed by atoms with Crippen LogP contribution in [0.4, 0.5) is 0 Å². The number of nitrogens with two attached hydrogens (primary N) is 1. The molecule has 7 heteroatoms. The molecular weight excluding hydrogens is 341 g/mol. The second-order valence-electron chi connectivity index (χ2n) is 4.16. The van der Waals surface area contributed by atoms with Crippen LogP contribution in [0.25, 0.3) is 0 Å². The summed E-state index contributed by atoms with van der Waals surface area (Å²) in [4.78, 5) is 4.00. The Morgan fingerprint density at radius 3 is 2.31 bits per heavy atom. The highest BCUT2D eigenvalue weighted by molar-refractivity contribution is 14.0. The van der Waals surface area contributed by atoms with Crippen molar-refractivity contribution in [1.82, 2.24) is 5.32 Å². The predicted octanol–water partition coefficient (Wildman–Crippen LogP) is 0.742. The van der Waals surface area contributed by atoms with Crippen LogP contribution in [-0.4, -0.2) is 38.5 Å². The summed E-state index contributed by atoms with van der Waals surface area (Å²) < 4.78 is 21.8. The van der Waals surface area contributed by atoms with Gasteiger partial charge in [0, 0.05) is 12.8 Å². The Kier molecular flexibility index (Phi) is 8.37. The molecule has 0 unspecified atom stereocenters. The zero-order valence-electron chi connectivity index (χ0n) is 10.3. The molecule has 0 aromatic carbocycles. The quantitative estimate of drug-likeness (QED) is 0.429.